The summed E-state index contributed by atoms with van der Waals surface area (Å²) < 4.78 is 8.10. The van der Waals surface area contributed by atoms with Crippen LogP contribution in [0, 0.1) is 11.8 Å². The van der Waals surface area contributed by atoms with Crippen molar-refractivity contribution in [2.75, 3.05) is 6.61 Å². The molecular formula is C43H34N3OP. The lowest BCUT2D eigenvalue weighted by molar-refractivity contribution is 0.350. The molecule has 0 radical (unpaired) electrons. The fourth-order valence-corrected chi connectivity index (χ4v) is 9.98. The largest absolute Gasteiger partial charge is 0.384 e. The van der Waals surface area contributed by atoms with Gasteiger partial charge < -0.3 is 5.11 Å². The first-order valence-corrected chi connectivity index (χ1v) is 17.7. The second kappa shape index (κ2) is 14.0. The van der Waals surface area contributed by atoms with Gasteiger partial charge in [-0.2, -0.15) is 0 Å². The van der Waals surface area contributed by atoms with Gasteiger partial charge in [-0.15, -0.1) is 0 Å². The van der Waals surface area contributed by atoms with Crippen LogP contribution in [0.3, 0.4) is 0 Å². The van der Waals surface area contributed by atoms with Crippen molar-refractivity contribution in [2.24, 2.45) is 4.74 Å². The summed E-state index contributed by atoms with van der Waals surface area (Å²) >= 11 is 0. The van der Waals surface area contributed by atoms with Gasteiger partial charge in [-0.3, -0.25) is 4.57 Å². The monoisotopic (exact) mass is 639 g/mol. The fraction of sp³-hybridized carbons (Fsp3) is 0.0465. The van der Waals surface area contributed by atoms with Crippen molar-refractivity contribution in [3.8, 4) is 11.8 Å². The molecule has 6 aromatic carbocycles. The standard InChI is InChI=1S/C43H34N3OP/c47-33-19-26-38-34-46(43(35-20-7-1-8-21-35,36-22-9-2-10-23-36)37-24-11-3-12-25-37)42(44-38)45-48(39-27-13-4-14-28-39,40-29-15-5-16-30-40)41-31-17-6-18-32-41/h1-18,20-25,27-32,34,47H,33H2. The van der Waals surface area contributed by atoms with Crippen LogP contribution in [0.15, 0.2) is 193 Å². The van der Waals surface area contributed by atoms with Crippen molar-refractivity contribution >= 4 is 28.9 Å². The van der Waals surface area contributed by atoms with Crippen LogP contribution in [0.2, 0.25) is 0 Å². The molecule has 0 saturated carbocycles. The normalized spacial score (nSPS) is 11.4. The SMILES string of the molecule is OCC#Cc1cn(C(c2ccccc2)(c2ccccc2)c2ccccc2)c(N=P(c2ccccc2)(c2ccccc2)c2ccccc2)n1. The summed E-state index contributed by atoms with van der Waals surface area (Å²) in [6.45, 7) is -0.268. The third-order valence-electron chi connectivity index (χ3n) is 8.55. The van der Waals surface area contributed by atoms with E-state index in [-0.39, 0.29) is 6.61 Å². The first kappa shape index (κ1) is 30.9. The molecule has 1 aromatic heterocycles. The van der Waals surface area contributed by atoms with Gasteiger partial charge in [-0.05, 0) is 22.6 Å². The van der Waals surface area contributed by atoms with Gasteiger partial charge in [-0.25, -0.2) is 9.73 Å². The van der Waals surface area contributed by atoms with Crippen molar-refractivity contribution in [1.29, 1.82) is 0 Å². The van der Waals surface area contributed by atoms with E-state index in [0.29, 0.717) is 11.6 Å². The predicted octanol–water partition coefficient (Wildman–Crippen LogP) is 7.88. The number of aromatic nitrogens is 2. The average Bonchev–Trinajstić information content (AvgIpc) is 3.58. The van der Waals surface area contributed by atoms with Crippen LogP contribution in [0.5, 0.6) is 0 Å². The van der Waals surface area contributed by atoms with E-state index < -0.39 is 12.6 Å². The van der Waals surface area contributed by atoms with Crippen LogP contribution < -0.4 is 15.9 Å². The number of benzene rings is 6. The quantitative estimate of drug-likeness (QED) is 0.105. The highest BCUT2D eigenvalue weighted by Crippen LogP contribution is 2.51. The predicted molar refractivity (Wildman–Crippen MR) is 198 cm³/mol. The van der Waals surface area contributed by atoms with Crippen LogP contribution in [-0.4, -0.2) is 21.3 Å². The maximum atomic E-state index is 9.70. The third kappa shape index (κ3) is 5.61. The molecule has 0 atom stereocenters. The third-order valence-corrected chi connectivity index (χ3v) is 12.2. The second-order valence-corrected chi connectivity index (χ2v) is 14.3. The van der Waals surface area contributed by atoms with Gasteiger partial charge in [0, 0.05) is 22.1 Å². The number of aliphatic hydroxyl groups excluding tert-OH is 1. The van der Waals surface area contributed by atoms with Crippen LogP contribution in [-0.2, 0) is 5.54 Å². The molecular weight excluding hydrogens is 605 g/mol. The summed E-state index contributed by atoms with van der Waals surface area (Å²) in [5.41, 5.74) is 2.83. The van der Waals surface area contributed by atoms with Gasteiger partial charge in [0.25, 0.3) is 0 Å². The van der Waals surface area contributed by atoms with Crippen molar-refractivity contribution in [2.45, 2.75) is 5.54 Å². The van der Waals surface area contributed by atoms with E-state index in [0.717, 1.165) is 32.6 Å². The number of imidazole rings is 1. The second-order valence-electron chi connectivity index (χ2n) is 11.3. The first-order valence-electron chi connectivity index (χ1n) is 15.9. The zero-order valence-corrected chi connectivity index (χ0v) is 27.2. The lowest BCUT2D eigenvalue weighted by Gasteiger charge is -2.38. The summed E-state index contributed by atoms with van der Waals surface area (Å²) in [7, 11) is -2.71. The van der Waals surface area contributed by atoms with Crippen LogP contribution in [0.4, 0.5) is 5.95 Å². The molecule has 48 heavy (non-hydrogen) atoms. The number of hydrogen-bond donors (Lipinski definition) is 1. The fourth-order valence-electron chi connectivity index (χ4n) is 6.52. The van der Waals surface area contributed by atoms with E-state index in [1.165, 1.54) is 0 Å². The van der Waals surface area contributed by atoms with Gasteiger partial charge in [-0.1, -0.05) is 188 Å². The Morgan fingerprint density at radius 3 is 1.25 bits per heavy atom. The summed E-state index contributed by atoms with van der Waals surface area (Å²) in [5.74, 6) is 6.48. The van der Waals surface area contributed by atoms with Gasteiger partial charge in [0.2, 0.25) is 5.95 Å². The van der Waals surface area contributed by atoms with Crippen molar-refractivity contribution in [3.05, 3.63) is 211 Å². The topological polar surface area (TPSA) is 50.4 Å². The summed E-state index contributed by atoms with van der Waals surface area (Å²) in [4.78, 5) is 5.19. The Labute approximate surface area is 282 Å². The Morgan fingerprint density at radius 1 is 0.542 bits per heavy atom. The molecule has 1 N–H and O–H groups in total. The molecule has 0 saturated heterocycles. The van der Waals surface area contributed by atoms with Crippen molar-refractivity contribution < 1.29 is 5.11 Å². The summed E-state index contributed by atoms with van der Waals surface area (Å²) in [5, 5.41) is 13.1. The Balaban J connectivity index is 1.69. The molecule has 0 aliphatic heterocycles. The van der Waals surface area contributed by atoms with E-state index in [9.17, 15) is 5.11 Å². The van der Waals surface area contributed by atoms with Crippen LogP contribution in [0.1, 0.15) is 22.4 Å². The molecule has 0 fully saturated rings. The lowest BCUT2D eigenvalue weighted by Crippen LogP contribution is -2.37. The molecule has 5 heteroatoms. The van der Waals surface area contributed by atoms with Crippen LogP contribution >= 0.6 is 7.05 Å². The molecule has 0 amide bonds. The van der Waals surface area contributed by atoms with Gasteiger partial charge >= 0.3 is 0 Å². The molecule has 232 valence electrons. The number of aliphatic hydroxyl groups is 1. The zero-order chi connectivity index (χ0) is 32.7. The number of hydrogen-bond acceptors (Lipinski definition) is 3. The Bertz CT molecular complexity index is 2010. The van der Waals surface area contributed by atoms with Crippen molar-refractivity contribution in [3.63, 3.8) is 0 Å². The zero-order valence-electron chi connectivity index (χ0n) is 26.3. The number of rotatable bonds is 8. The van der Waals surface area contributed by atoms with Crippen LogP contribution in [0.25, 0.3) is 0 Å². The molecule has 7 aromatic rings. The van der Waals surface area contributed by atoms with E-state index in [1.54, 1.807) is 0 Å². The maximum absolute atomic E-state index is 9.70. The smallest absolute Gasteiger partial charge is 0.231 e. The molecule has 0 unspecified atom stereocenters. The van der Waals surface area contributed by atoms with E-state index in [4.69, 9.17) is 9.73 Å². The molecule has 1 heterocycles. The van der Waals surface area contributed by atoms with Gasteiger partial charge in [0.05, 0.1) is 7.05 Å². The van der Waals surface area contributed by atoms with E-state index >= 15 is 0 Å². The molecule has 7 rings (SSSR count). The highest BCUT2D eigenvalue weighted by molar-refractivity contribution is 7.87. The van der Waals surface area contributed by atoms with Crippen molar-refractivity contribution in [1.82, 2.24) is 9.55 Å². The Morgan fingerprint density at radius 2 is 0.896 bits per heavy atom. The highest BCUT2D eigenvalue weighted by Gasteiger charge is 2.41. The Hall–Kier alpha value is -5.72. The minimum atomic E-state index is -2.71. The summed E-state index contributed by atoms with van der Waals surface area (Å²) in [6.07, 6.45) is 1.99. The molecule has 0 bridgehead atoms. The average molecular weight is 640 g/mol. The summed E-state index contributed by atoms with van der Waals surface area (Å²) in [6, 6.07) is 63.2. The number of nitrogens with zero attached hydrogens (tertiary/aromatic N) is 3. The highest BCUT2D eigenvalue weighted by atomic mass is 31.2. The van der Waals surface area contributed by atoms with E-state index in [2.05, 4.69) is 162 Å². The molecule has 4 nitrogen and oxygen atoms in total. The van der Waals surface area contributed by atoms with Gasteiger partial charge in [0.1, 0.15) is 17.8 Å². The lowest BCUT2D eigenvalue weighted by atomic mass is 9.76. The Kier molecular flexibility index (Phi) is 8.99. The first-order chi connectivity index (χ1) is 23.8. The molecule has 0 aliphatic carbocycles. The van der Waals surface area contributed by atoms with Gasteiger partial charge in [0.15, 0.2) is 0 Å². The minimum Gasteiger partial charge on any atom is -0.384 e. The molecule has 0 aliphatic rings. The minimum absolute atomic E-state index is 0.268. The molecule has 0 spiro atoms. The van der Waals surface area contributed by atoms with E-state index in [1.807, 2.05) is 42.6 Å². The maximum Gasteiger partial charge on any atom is 0.231 e.